The summed E-state index contributed by atoms with van der Waals surface area (Å²) in [5, 5.41) is 2.89. The van der Waals surface area contributed by atoms with E-state index in [1.165, 1.54) is 0 Å². The van der Waals surface area contributed by atoms with Crippen LogP contribution in [0.2, 0.25) is 0 Å². The number of carbonyl (C=O) groups excluding carboxylic acids is 2. The van der Waals surface area contributed by atoms with Crippen LogP contribution in [0.3, 0.4) is 0 Å². The summed E-state index contributed by atoms with van der Waals surface area (Å²) in [5.41, 5.74) is 4.71. The molecule has 4 heteroatoms. The Morgan fingerprint density at radius 2 is 1.71 bits per heavy atom. The summed E-state index contributed by atoms with van der Waals surface area (Å²) in [6.45, 7) is 6.55. The molecule has 1 heterocycles. The van der Waals surface area contributed by atoms with Crippen molar-refractivity contribution in [3.05, 3.63) is 64.7 Å². The fourth-order valence-corrected chi connectivity index (χ4v) is 3.10. The fraction of sp³-hybridized carbons (Fsp3) is 0.300. The standard InChI is InChI=1S/C20H22N2O2/c1-13-4-7-16(8-5-13)22-11-10-18(20(22)24)21-19(23)17-9-6-14(2)12-15(17)3/h4-9,12,18H,10-11H2,1-3H3,(H,21,23)/t18-/m0/s1. The monoisotopic (exact) mass is 322 g/mol. The minimum Gasteiger partial charge on any atom is -0.340 e. The zero-order chi connectivity index (χ0) is 17.3. The van der Waals surface area contributed by atoms with Gasteiger partial charge in [0.1, 0.15) is 6.04 Å². The number of carbonyl (C=O) groups is 2. The molecule has 0 saturated carbocycles. The van der Waals surface area contributed by atoms with Gasteiger partial charge in [0.2, 0.25) is 5.91 Å². The van der Waals surface area contributed by atoms with Crippen LogP contribution in [0.15, 0.2) is 42.5 Å². The van der Waals surface area contributed by atoms with Gasteiger partial charge in [-0.25, -0.2) is 0 Å². The van der Waals surface area contributed by atoms with E-state index in [0.717, 1.165) is 22.4 Å². The van der Waals surface area contributed by atoms with E-state index in [0.29, 0.717) is 18.5 Å². The van der Waals surface area contributed by atoms with Gasteiger partial charge < -0.3 is 10.2 Å². The summed E-state index contributed by atoms with van der Waals surface area (Å²) < 4.78 is 0. The minimum absolute atomic E-state index is 0.0445. The van der Waals surface area contributed by atoms with Crippen molar-refractivity contribution in [2.45, 2.75) is 33.2 Å². The molecule has 1 saturated heterocycles. The summed E-state index contributed by atoms with van der Waals surface area (Å²) >= 11 is 0. The summed E-state index contributed by atoms with van der Waals surface area (Å²) in [4.78, 5) is 26.8. The second-order valence-electron chi connectivity index (χ2n) is 6.46. The highest BCUT2D eigenvalue weighted by atomic mass is 16.2. The smallest absolute Gasteiger partial charge is 0.252 e. The molecule has 1 fully saturated rings. The Morgan fingerprint density at radius 1 is 1.04 bits per heavy atom. The number of nitrogens with zero attached hydrogens (tertiary/aromatic N) is 1. The number of hydrogen-bond acceptors (Lipinski definition) is 2. The third-order valence-electron chi connectivity index (χ3n) is 4.48. The molecule has 0 unspecified atom stereocenters. The van der Waals surface area contributed by atoms with Crippen molar-refractivity contribution in [1.82, 2.24) is 5.32 Å². The van der Waals surface area contributed by atoms with Gasteiger partial charge in [-0.05, 0) is 51.0 Å². The summed E-state index contributed by atoms with van der Waals surface area (Å²) in [7, 11) is 0. The molecule has 124 valence electrons. The number of amides is 2. The molecule has 4 nitrogen and oxygen atoms in total. The first-order valence-electron chi connectivity index (χ1n) is 8.22. The lowest BCUT2D eigenvalue weighted by atomic mass is 10.0. The first kappa shape index (κ1) is 16.2. The molecule has 0 spiro atoms. The number of aryl methyl sites for hydroxylation is 3. The van der Waals surface area contributed by atoms with Crippen LogP contribution in [0.1, 0.15) is 33.5 Å². The lowest BCUT2D eigenvalue weighted by Crippen LogP contribution is -2.41. The van der Waals surface area contributed by atoms with Gasteiger partial charge in [-0.15, -0.1) is 0 Å². The van der Waals surface area contributed by atoms with E-state index in [1.54, 1.807) is 4.90 Å². The van der Waals surface area contributed by atoms with Crippen molar-refractivity contribution in [2.75, 3.05) is 11.4 Å². The molecular formula is C20H22N2O2. The van der Waals surface area contributed by atoms with E-state index in [4.69, 9.17) is 0 Å². The summed E-state index contributed by atoms with van der Waals surface area (Å²) in [6.07, 6.45) is 0.628. The van der Waals surface area contributed by atoms with Crippen LogP contribution in [0.4, 0.5) is 5.69 Å². The predicted octanol–water partition coefficient (Wildman–Crippen LogP) is 3.15. The van der Waals surface area contributed by atoms with E-state index in [2.05, 4.69) is 5.32 Å². The second-order valence-corrected chi connectivity index (χ2v) is 6.46. The molecule has 2 aromatic carbocycles. The topological polar surface area (TPSA) is 49.4 Å². The van der Waals surface area contributed by atoms with E-state index in [1.807, 2.05) is 63.2 Å². The average Bonchev–Trinajstić information content (AvgIpc) is 2.89. The van der Waals surface area contributed by atoms with Crippen molar-refractivity contribution in [3.63, 3.8) is 0 Å². The Bertz CT molecular complexity index is 781. The van der Waals surface area contributed by atoms with Crippen molar-refractivity contribution in [1.29, 1.82) is 0 Å². The van der Waals surface area contributed by atoms with Crippen LogP contribution < -0.4 is 10.2 Å². The van der Waals surface area contributed by atoms with Gasteiger partial charge in [0.25, 0.3) is 5.91 Å². The SMILES string of the molecule is Cc1ccc(N2CC[C@H](NC(=O)c3ccc(C)cc3C)C2=O)cc1. The van der Waals surface area contributed by atoms with Crippen molar-refractivity contribution < 1.29 is 9.59 Å². The highest BCUT2D eigenvalue weighted by Gasteiger charge is 2.33. The van der Waals surface area contributed by atoms with E-state index >= 15 is 0 Å². The van der Waals surface area contributed by atoms with E-state index in [-0.39, 0.29) is 11.8 Å². The molecule has 3 rings (SSSR count). The van der Waals surface area contributed by atoms with Crippen molar-refractivity contribution >= 4 is 17.5 Å². The lowest BCUT2D eigenvalue weighted by Gasteiger charge is -2.18. The highest BCUT2D eigenvalue weighted by molar-refractivity contribution is 6.04. The Balaban J connectivity index is 1.71. The zero-order valence-corrected chi connectivity index (χ0v) is 14.3. The number of anilines is 1. The molecule has 1 aliphatic rings. The normalized spacial score (nSPS) is 17.2. The zero-order valence-electron chi connectivity index (χ0n) is 14.3. The Morgan fingerprint density at radius 3 is 2.38 bits per heavy atom. The van der Waals surface area contributed by atoms with Gasteiger partial charge in [0, 0.05) is 17.8 Å². The molecule has 24 heavy (non-hydrogen) atoms. The number of benzene rings is 2. The molecule has 2 amide bonds. The highest BCUT2D eigenvalue weighted by Crippen LogP contribution is 2.22. The van der Waals surface area contributed by atoms with Crippen LogP contribution in [0.25, 0.3) is 0 Å². The van der Waals surface area contributed by atoms with Crippen LogP contribution >= 0.6 is 0 Å². The maximum absolute atomic E-state index is 12.6. The van der Waals surface area contributed by atoms with Crippen LogP contribution in [0.5, 0.6) is 0 Å². The minimum atomic E-state index is -0.459. The number of nitrogens with one attached hydrogen (secondary N) is 1. The summed E-state index contributed by atoms with van der Waals surface area (Å²) in [5.74, 6) is -0.228. The van der Waals surface area contributed by atoms with Crippen LogP contribution in [0, 0.1) is 20.8 Å². The Kier molecular flexibility index (Phi) is 4.38. The maximum Gasteiger partial charge on any atom is 0.252 e. The van der Waals surface area contributed by atoms with Crippen molar-refractivity contribution in [3.8, 4) is 0 Å². The Hall–Kier alpha value is -2.62. The lowest BCUT2D eigenvalue weighted by molar-refractivity contribution is -0.118. The van der Waals surface area contributed by atoms with E-state index in [9.17, 15) is 9.59 Å². The van der Waals surface area contributed by atoms with Gasteiger partial charge in [0.15, 0.2) is 0 Å². The number of hydrogen-bond donors (Lipinski definition) is 1. The van der Waals surface area contributed by atoms with Gasteiger partial charge in [0.05, 0.1) is 0 Å². The third-order valence-corrected chi connectivity index (χ3v) is 4.48. The molecule has 2 aromatic rings. The van der Waals surface area contributed by atoms with Gasteiger partial charge in [-0.3, -0.25) is 9.59 Å². The quantitative estimate of drug-likeness (QED) is 0.944. The summed E-state index contributed by atoms with van der Waals surface area (Å²) in [6, 6.07) is 13.1. The number of rotatable bonds is 3. The van der Waals surface area contributed by atoms with Crippen LogP contribution in [-0.2, 0) is 4.79 Å². The predicted molar refractivity (Wildman–Crippen MR) is 95.3 cm³/mol. The van der Waals surface area contributed by atoms with Gasteiger partial charge in [-0.2, -0.15) is 0 Å². The average molecular weight is 322 g/mol. The third kappa shape index (κ3) is 3.18. The molecular weight excluding hydrogens is 300 g/mol. The first-order chi connectivity index (χ1) is 11.5. The molecule has 0 bridgehead atoms. The first-order valence-corrected chi connectivity index (χ1v) is 8.22. The van der Waals surface area contributed by atoms with Crippen LogP contribution in [-0.4, -0.2) is 24.4 Å². The molecule has 1 aliphatic heterocycles. The second kappa shape index (κ2) is 6.48. The van der Waals surface area contributed by atoms with Gasteiger partial charge >= 0.3 is 0 Å². The van der Waals surface area contributed by atoms with Crippen molar-refractivity contribution in [2.24, 2.45) is 0 Å². The van der Waals surface area contributed by atoms with E-state index < -0.39 is 6.04 Å². The van der Waals surface area contributed by atoms with Gasteiger partial charge in [-0.1, -0.05) is 35.4 Å². The molecule has 0 aromatic heterocycles. The Labute approximate surface area is 142 Å². The molecule has 0 radical (unpaired) electrons. The maximum atomic E-state index is 12.6. The fourth-order valence-electron chi connectivity index (χ4n) is 3.10. The molecule has 1 N–H and O–H groups in total. The largest absolute Gasteiger partial charge is 0.340 e. The molecule has 1 atom stereocenters. The molecule has 0 aliphatic carbocycles.